The zero-order valence-electron chi connectivity index (χ0n) is 13.6. The topological polar surface area (TPSA) is 39.1 Å². The molecule has 0 unspecified atom stereocenters. The highest BCUT2D eigenvalue weighted by molar-refractivity contribution is 5.10. The summed E-state index contributed by atoms with van der Waals surface area (Å²) in [5.74, 6) is 0.910. The Bertz CT molecular complexity index is 533. The van der Waals surface area contributed by atoms with Crippen LogP contribution in [0.4, 0.5) is 13.2 Å². The second-order valence-electron chi connectivity index (χ2n) is 6.93. The number of nitrogens with one attached hydrogen (secondary N) is 1. The molecule has 1 N–H and O–H groups in total. The largest absolute Gasteiger partial charge is 0.434 e. The normalized spacial score (nSPS) is 31.9. The second-order valence-corrected chi connectivity index (χ2v) is 6.93. The number of imidazole rings is 1. The number of fused-ring (bicyclic) bond motifs is 1. The van der Waals surface area contributed by atoms with Gasteiger partial charge >= 0.3 is 6.18 Å². The summed E-state index contributed by atoms with van der Waals surface area (Å²) in [6.07, 6.45) is 0.803. The van der Waals surface area contributed by atoms with Crippen molar-refractivity contribution in [3.8, 4) is 0 Å². The van der Waals surface area contributed by atoms with Gasteiger partial charge in [-0.3, -0.25) is 0 Å². The molecule has 0 amide bonds. The van der Waals surface area contributed by atoms with Crippen molar-refractivity contribution in [1.82, 2.24) is 14.9 Å². The van der Waals surface area contributed by atoms with E-state index in [1.54, 1.807) is 4.57 Å². The molecule has 3 heterocycles. The van der Waals surface area contributed by atoms with Crippen molar-refractivity contribution < 1.29 is 17.9 Å². The van der Waals surface area contributed by atoms with Crippen LogP contribution in [0.2, 0.25) is 0 Å². The molecule has 1 saturated heterocycles. The molecule has 0 aliphatic carbocycles. The second kappa shape index (κ2) is 6.43. The van der Waals surface area contributed by atoms with Crippen LogP contribution in [-0.4, -0.2) is 34.3 Å². The molecular formula is C16H24F3N3O. The van der Waals surface area contributed by atoms with Crippen LogP contribution in [0.25, 0.3) is 0 Å². The quantitative estimate of drug-likeness (QED) is 0.925. The lowest BCUT2D eigenvalue weighted by Crippen LogP contribution is -2.43. The van der Waals surface area contributed by atoms with Gasteiger partial charge < -0.3 is 14.6 Å². The van der Waals surface area contributed by atoms with Gasteiger partial charge in [-0.1, -0.05) is 0 Å². The number of aryl methyl sites for hydroxylation is 1. The number of hydrogen-bond acceptors (Lipinski definition) is 3. The first-order valence-electron chi connectivity index (χ1n) is 8.33. The van der Waals surface area contributed by atoms with Crippen molar-refractivity contribution in [3.63, 3.8) is 0 Å². The third-order valence-electron chi connectivity index (χ3n) is 4.77. The van der Waals surface area contributed by atoms with Gasteiger partial charge in [-0.15, -0.1) is 0 Å². The summed E-state index contributed by atoms with van der Waals surface area (Å²) >= 11 is 0. The van der Waals surface area contributed by atoms with Crippen LogP contribution in [0.1, 0.15) is 44.6 Å². The lowest BCUT2D eigenvalue weighted by atomic mass is 9.96. The van der Waals surface area contributed by atoms with Gasteiger partial charge in [-0.05, 0) is 45.6 Å². The molecule has 23 heavy (non-hydrogen) atoms. The average Bonchev–Trinajstić information content (AvgIpc) is 2.87. The molecule has 0 bridgehead atoms. The number of rotatable bonds is 3. The SMILES string of the molecule is C[C@@H]1CC(NC[C@H]2CCc3nc(C(F)(F)F)cn3C2)C[C@@H](C)O1. The Kier molecular flexibility index (Phi) is 4.69. The molecule has 2 aliphatic heterocycles. The summed E-state index contributed by atoms with van der Waals surface area (Å²) in [5, 5.41) is 3.58. The van der Waals surface area contributed by atoms with E-state index in [0.717, 1.165) is 32.0 Å². The Morgan fingerprint density at radius 3 is 2.65 bits per heavy atom. The molecule has 130 valence electrons. The predicted molar refractivity (Wildman–Crippen MR) is 80.1 cm³/mol. The monoisotopic (exact) mass is 331 g/mol. The van der Waals surface area contributed by atoms with Gasteiger partial charge in [0.25, 0.3) is 0 Å². The summed E-state index contributed by atoms with van der Waals surface area (Å²) in [6.45, 7) is 5.62. The molecule has 3 rings (SSSR count). The van der Waals surface area contributed by atoms with Gasteiger partial charge in [0.2, 0.25) is 0 Å². The van der Waals surface area contributed by atoms with E-state index < -0.39 is 11.9 Å². The molecule has 0 spiro atoms. The average molecular weight is 331 g/mol. The third kappa shape index (κ3) is 4.07. The summed E-state index contributed by atoms with van der Waals surface area (Å²) in [7, 11) is 0. The van der Waals surface area contributed by atoms with Crippen molar-refractivity contribution in [3.05, 3.63) is 17.7 Å². The zero-order valence-corrected chi connectivity index (χ0v) is 13.6. The Morgan fingerprint density at radius 2 is 2.00 bits per heavy atom. The van der Waals surface area contributed by atoms with Gasteiger partial charge in [-0.25, -0.2) is 4.98 Å². The first kappa shape index (κ1) is 16.8. The highest BCUT2D eigenvalue weighted by Crippen LogP contribution is 2.30. The Hall–Kier alpha value is -1.08. The van der Waals surface area contributed by atoms with Crippen molar-refractivity contribution in [2.45, 2.75) is 70.5 Å². The fraction of sp³-hybridized carbons (Fsp3) is 0.812. The van der Waals surface area contributed by atoms with Crippen LogP contribution in [0.3, 0.4) is 0 Å². The number of alkyl halides is 3. The van der Waals surface area contributed by atoms with Gasteiger partial charge in [-0.2, -0.15) is 13.2 Å². The standard InChI is InChI=1S/C16H24F3N3O/c1-10-5-13(6-11(2)23-10)20-7-12-3-4-15-21-14(16(17,18)19)9-22(15)8-12/h9-13,20H,3-8H2,1-2H3/t10-,11-,12-/m1/s1. The maximum atomic E-state index is 12.7. The van der Waals surface area contributed by atoms with Crippen molar-refractivity contribution in [2.75, 3.05) is 6.54 Å². The zero-order chi connectivity index (χ0) is 16.6. The smallest absolute Gasteiger partial charge is 0.375 e. The van der Waals surface area contributed by atoms with Crippen LogP contribution >= 0.6 is 0 Å². The fourth-order valence-corrected chi connectivity index (χ4v) is 3.72. The lowest BCUT2D eigenvalue weighted by molar-refractivity contribution is -0.141. The minimum absolute atomic E-state index is 0.261. The maximum absolute atomic E-state index is 12.7. The molecule has 1 aromatic rings. The minimum Gasteiger partial charge on any atom is -0.375 e. The Morgan fingerprint density at radius 1 is 1.30 bits per heavy atom. The van der Waals surface area contributed by atoms with Crippen LogP contribution < -0.4 is 5.32 Å². The first-order chi connectivity index (χ1) is 10.8. The van der Waals surface area contributed by atoms with Crippen LogP contribution in [0.15, 0.2) is 6.20 Å². The molecule has 0 saturated carbocycles. The summed E-state index contributed by atoms with van der Waals surface area (Å²) in [6, 6.07) is 0.434. The van der Waals surface area contributed by atoms with E-state index in [4.69, 9.17) is 4.74 Å². The molecule has 0 radical (unpaired) electrons. The minimum atomic E-state index is -4.35. The van der Waals surface area contributed by atoms with Crippen molar-refractivity contribution in [2.24, 2.45) is 5.92 Å². The van der Waals surface area contributed by atoms with E-state index in [1.165, 1.54) is 0 Å². The molecule has 3 atom stereocenters. The highest BCUT2D eigenvalue weighted by atomic mass is 19.4. The number of nitrogens with zero attached hydrogens (tertiary/aromatic N) is 2. The first-order valence-corrected chi connectivity index (χ1v) is 8.33. The highest BCUT2D eigenvalue weighted by Gasteiger charge is 2.36. The third-order valence-corrected chi connectivity index (χ3v) is 4.77. The molecule has 1 aromatic heterocycles. The van der Waals surface area contributed by atoms with E-state index >= 15 is 0 Å². The van der Waals surface area contributed by atoms with Gasteiger partial charge in [0.05, 0.1) is 12.2 Å². The molecule has 7 heteroatoms. The van der Waals surface area contributed by atoms with E-state index in [2.05, 4.69) is 24.1 Å². The van der Waals surface area contributed by atoms with E-state index in [9.17, 15) is 13.2 Å². The molecule has 2 aliphatic rings. The lowest BCUT2D eigenvalue weighted by Gasteiger charge is -2.34. The number of aromatic nitrogens is 2. The van der Waals surface area contributed by atoms with Gasteiger partial charge in [0, 0.05) is 25.2 Å². The summed E-state index contributed by atoms with van der Waals surface area (Å²) in [4.78, 5) is 3.73. The van der Waals surface area contributed by atoms with Crippen LogP contribution in [0, 0.1) is 5.92 Å². The predicted octanol–water partition coefficient (Wildman–Crippen LogP) is 3.01. The summed E-state index contributed by atoms with van der Waals surface area (Å²) in [5.41, 5.74) is -0.770. The maximum Gasteiger partial charge on any atom is 0.434 e. The number of ether oxygens (including phenoxy) is 1. The van der Waals surface area contributed by atoms with Crippen LogP contribution in [0.5, 0.6) is 0 Å². The molecule has 4 nitrogen and oxygen atoms in total. The van der Waals surface area contributed by atoms with Gasteiger partial charge in [0.15, 0.2) is 5.69 Å². The van der Waals surface area contributed by atoms with E-state index in [0.29, 0.717) is 30.7 Å². The van der Waals surface area contributed by atoms with E-state index in [-0.39, 0.29) is 12.2 Å². The molecule has 0 aromatic carbocycles. The summed E-state index contributed by atoms with van der Waals surface area (Å²) < 4.78 is 45.6. The van der Waals surface area contributed by atoms with Crippen LogP contribution in [-0.2, 0) is 23.9 Å². The molecule has 1 fully saturated rings. The molecular weight excluding hydrogens is 307 g/mol. The van der Waals surface area contributed by atoms with Crippen molar-refractivity contribution in [1.29, 1.82) is 0 Å². The Balaban J connectivity index is 1.54. The number of hydrogen-bond donors (Lipinski definition) is 1. The van der Waals surface area contributed by atoms with E-state index in [1.807, 2.05) is 0 Å². The number of halogens is 3. The fourth-order valence-electron chi connectivity index (χ4n) is 3.72. The van der Waals surface area contributed by atoms with Gasteiger partial charge in [0.1, 0.15) is 5.82 Å². The Labute approximate surface area is 134 Å². The van der Waals surface area contributed by atoms with Crippen molar-refractivity contribution >= 4 is 0 Å².